The first-order valence-electron chi connectivity index (χ1n) is 5.52. The molecule has 3 rings (SSSR count). The molecule has 2 aliphatic heterocycles. The van der Waals surface area contributed by atoms with Crippen LogP contribution >= 0.6 is 0 Å². The summed E-state index contributed by atoms with van der Waals surface area (Å²) >= 11 is 0. The second-order valence-corrected chi connectivity index (χ2v) is 4.06. The highest BCUT2D eigenvalue weighted by Crippen LogP contribution is 2.28. The van der Waals surface area contributed by atoms with Crippen molar-refractivity contribution in [1.82, 2.24) is 5.32 Å². The van der Waals surface area contributed by atoms with Crippen molar-refractivity contribution in [3.63, 3.8) is 0 Å². The van der Waals surface area contributed by atoms with E-state index in [1.165, 1.54) is 5.57 Å². The molecule has 1 fully saturated rings. The summed E-state index contributed by atoms with van der Waals surface area (Å²) in [5.74, 6) is 0. The van der Waals surface area contributed by atoms with E-state index in [4.69, 9.17) is 9.84 Å². The molecule has 2 heterocycles. The van der Waals surface area contributed by atoms with Crippen molar-refractivity contribution in [2.75, 3.05) is 26.3 Å². The van der Waals surface area contributed by atoms with Gasteiger partial charge in [-0.25, -0.2) is 0 Å². The Labute approximate surface area is 94.0 Å². The lowest BCUT2D eigenvalue weighted by Crippen LogP contribution is -2.23. The Balaban J connectivity index is 2.02. The molecule has 0 radical (unpaired) electrons. The van der Waals surface area contributed by atoms with Gasteiger partial charge in [-0.2, -0.15) is 0 Å². The zero-order valence-electron chi connectivity index (χ0n) is 8.94. The number of ether oxygens (including phenoxy) is 1. The van der Waals surface area contributed by atoms with Crippen molar-refractivity contribution >= 4 is 5.71 Å². The molecule has 1 unspecified atom stereocenters. The fraction of sp³-hybridized carbons (Fsp3) is 0.417. The molecule has 4 nitrogen and oxygen atoms in total. The number of allylic oxidation sites excluding steroid dienone is 3. The minimum atomic E-state index is -0.00687. The van der Waals surface area contributed by atoms with Crippen molar-refractivity contribution in [3.8, 4) is 0 Å². The first-order chi connectivity index (χ1) is 7.88. The van der Waals surface area contributed by atoms with Crippen LogP contribution in [0, 0.1) is 0 Å². The average Bonchev–Trinajstić information content (AvgIpc) is 2.59. The molecule has 2 N–H and O–H groups in total. The minimum absolute atomic E-state index is 0.00687. The zero-order chi connectivity index (χ0) is 11.0. The molecular weight excluding hydrogens is 204 g/mol. The smallest absolute Gasteiger partial charge is 0.0993 e. The molecule has 0 spiro atoms. The Morgan fingerprint density at radius 3 is 3.38 bits per heavy atom. The summed E-state index contributed by atoms with van der Waals surface area (Å²) < 4.78 is 5.73. The molecule has 4 heteroatoms. The number of fused-ring (bicyclic) bond motifs is 2. The van der Waals surface area contributed by atoms with E-state index >= 15 is 0 Å². The molecule has 1 saturated heterocycles. The Morgan fingerprint density at radius 1 is 1.56 bits per heavy atom. The first kappa shape index (κ1) is 9.96. The van der Waals surface area contributed by atoms with Gasteiger partial charge in [-0.1, -0.05) is 0 Å². The quantitative estimate of drug-likeness (QED) is 0.659. The number of aliphatic hydroxyl groups is 1. The Hall–Kier alpha value is -1.23. The van der Waals surface area contributed by atoms with Crippen LogP contribution in [0.25, 0.3) is 0 Å². The van der Waals surface area contributed by atoms with Crippen molar-refractivity contribution in [3.05, 3.63) is 35.1 Å². The molecule has 0 aromatic heterocycles. The van der Waals surface area contributed by atoms with Gasteiger partial charge in [-0.3, -0.25) is 4.99 Å². The van der Waals surface area contributed by atoms with Crippen LogP contribution in [0.5, 0.6) is 0 Å². The summed E-state index contributed by atoms with van der Waals surface area (Å²) in [6, 6.07) is 0. The van der Waals surface area contributed by atoms with E-state index in [0.29, 0.717) is 0 Å². The van der Waals surface area contributed by atoms with Gasteiger partial charge in [0.25, 0.3) is 0 Å². The fourth-order valence-electron chi connectivity index (χ4n) is 2.23. The molecule has 16 heavy (non-hydrogen) atoms. The maximum Gasteiger partial charge on any atom is 0.0993 e. The third-order valence-corrected chi connectivity index (χ3v) is 3.02. The number of hydrogen-bond donors (Lipinski definition) is 2. The van der Waals surface area contributed by atoms with E-state index in [9.17, 15) is 0 Å². The van der Waals surface area contributed by atoms with Crippen LogP contribution in [-0.4, -0.2) is 43.2 Å². The van der Waals surface area contributed by atoms with Gasteiger partial charge in [0.1, 0.15) is 0 Å². The minimum Gasteiger partial charge on any atom is -0.390 e. The highest BCUT2D eigenvalue weighted by molar-refractivity contribution is 6.14. The van der Waals surface area contributed by atoms with Crippen LogP contribution in [0.3, 0.4) is 0 Å². The van der Waals surface area contributed by atoms with Crippen molar-refractivity contribution < 1.29 is 9.84 Å². The third kappa shape index (κ3) is 1.55. The van der Waals surface area contributed by atoms with E-state index in [1.807, 2.05) is 18.2 Å². The van der Waals surface area contributed by atoms with Gasteiger partial charge in [0.15, 0.2) is 0 Å². The number of aliphatic hydroxyl groups excluding tert-OH is 1. The van der Waals surface area contributed by atoms with Gasteiger partial charge < -0.3 is 15.2 Å². The van der Waals surface area contributed by atoms with Crippen LogP contribution in [0.15, 0.2) is 40.1 Å². The lowest BCUT2D eigenvalue weighted by atomic mass is 9.93. The van der Waals surface area contributed by atoms with Crippen LogP contribution in [0.1, 0.15) is 0 Å². The molecule has 0 aromatic rings. The van der Waals surface area contributed by atoms with Crippen molar-refractivity contribution in [2.45, 2.75) is 6.10 Å². The summed E-state index contributed by atoms with van der Waals surface area (Å²) in [4.78, 5) is 4.35. The van der Waals surface area contributed by atoms with Crippen LogP contribution in [0.4, 0.5) is 0 Å². The summed E-state index contributed by atoms with van der Waals surface area (Å²) in [5, 5.41) is 12.4. The summed E-state index contributed by atoms with van der Waals surface area (Å²) in [6.45, 7) is 2.44. The number of rotatable bonds is 1. The van der Waals surface area contributed by atoms with E-state index in [2.05, 4.69) is 10.3 Å². The summed E-state index contributed by atoms with van der Waals surface area (Å²) in [7, 11) is 0. The summed E-state index contributed by atoms with van der Waals surface area (Å²) in [6.07, 6.45) is 6.04. The highest BCUT2D eigenvalue weighted by Gasteiger charge is 2.26. The SMILES string of the molecule is OCC1=CC2=C3CNCCOC3C=CC2=N1. The Kier molecular flexibility index (Phi) is 2.47. The average molecular weight is 218 g/mol. The number of aliphatic imine (C=N–C) groups is 1. The maximum atomic E-state index is 9.10. The number of hydrogen-bond acceptors (Lipinski definition) is 4. The van der Waals surface area contributed by atoms with Gasteiger partial charge in [0, 0.05) is 18.7 Å². The second kappa shape index (κ2) is 3.97. The van der Waals surface area contributed by atoms with Gasteiger partial charge in [0.2, 0.25) is 0 Å². The first-order valence-corrected chi connectivity index (χ1v) is 5.52. The highest BCUT2D eigenvalue weighted by atomic mass is 16.5. The van der Waals surface area contributed by atoms with Crippen molar-refractivity contribution in [1.29, 1.82) is 0 Å². The second-order valence-electron chi connectivity index (χ2n) is 4.06. The predicted molar refractivity (Wildman–Crippen MR) is 61.4 cm³/mol. The maximum absolute atomic E-state index is 9.10. The normalized spacial score (nSPS) is 28.2. The number of nitrogens with zero attached hydrogens (tertiary/aromatic N) is 1. The molecular formula is C12H14N2O2. The largest absolute Gasteiger partial charge is 0.390 e. The zero-order valence-corrected chi connectivity index (χ0v) is 8.94. The monoisotopic (exact) mass is 218 g/mol. The molecule has 0 amide bonds. The molecule has 84 valence electrons. The Morgan fingerprint density at radius 2 is 2.50 bits per heavy atom. The van der Waals surface area contributed by atoms with Gasteiger partial charge in [-0.05, 0) is 23.8 Å². The number of nitrogens with one attached hydrogen (secondary N) is 1. The van der Waals surface area contributed by atoms with E-state index < -0.39 is 0 Å². The van der Waals surface area contributed by atoms with E-state index in [0.717, 1.165) is 36.7 Å². The lowest BCUT2D eigenvalue weighted by molar-refractivity contribution is 0.120. The topological polar surface area (TPSA) is 53.8 Å². The van der Waals surface area contributed by atoms with Gasteiger partial charge in [0.05, 0.1) is 30.7 Å². The van der Waals surface area contributed by atoms with E-state index in [1.54, 1.807) is 0 Å². The Bertz CT molecular complexity index is 432. The van der Waals surface area contributed by atoms with Crippen LogP contribution < -0.4 is 5.32 Å². The summed E-state index contributed by atoms with van der Waals surface area (Å²) in [5.41, 5.74) is 4.02. The fourth-order valence-corrected chi connectivity index (χ4v) is 2.23. The van der Waals surface area contributed by atoms with Gasteiger partial charge in [-0.15, -0.1) is 0 Å². The molecule has 3 aliphatic rings. The standard InChI is InChI=1S/C12H14N2O2/c15-7-8-5-9-10-6-13-3-4-16-12(10)2-1-11(9)14-8/h1-2,5,12-13,15H,3-4,6-7H2. The van der Waals surface area contributed by atoms with Crippen LogP contribution in [-0.2, 0) is 4.74 Å². The molecule has 1 atom stereocenters. The predicted octanol–water partition coefficient (Wildman–Crippen LogP) is 0.172. The molecule has 1 aliphatic carbocycles. The van der Waals surface area contributed by atoms with Crippen LogP contribution in [0.2, 0.25) is 0 Å². The third-order valence-electron chi connectivity index (χ3n) is 3.02. The van der Waals surface area contributed by atoms with E-state index in [-0.39, 0.29) is 12.7 Å². The molecule has 0 bridgehead atoms. The van der Waals surface area contributed by atoms with Crippen molar-refractivity contribution in [2.24, 2.45) is 4.99 Å². The van der Waals surface area contributed by atoms with Gasteiger partial charge >= 0.3 is 0 Å². The lowest BCUT2D eigenvalue weighted by Gasteiger charge is -2.20. The molecule has 0 saturated carbocycles. The molecule has 0 aromatic carbocycles.